The summed E-state index contributed by atoms with van der Waals surface area (Å²) in [6.45, 7) is 2.73. The van der Waals surface area contributed by atoms with Crippen LogP contribution in [0, 0.1) is 5.92 Å². The summed E-state index contributed by atoms with van der Waals surface area (Å²) in [5.74, 6) is 0.408. The van der Waals surface area contributed by atoms with Crippen molar-refractivity contribution in [1.82, 2.24) is 4.31 Å². The summed E-state index contributed by atoms with van der Waals surface area (Å²) in [4.78, 5) is 12.8. The van der Waals surface area contributed by atoms with Gasteiger partial charge in [0.15, 0.2) is 0 Å². The van der Waals surface area contributed by atoms with E-state index in [1.165, 1.54) is 16.4 Å². The van der Waals surface area contributed by atoms with Crippen molar-refractivity contribution >= 4 is 33.2 Å². The van der Waals surface area contributed by atoms with Crippen LogP contribution in [0.1, 0.15) is 19.8 Å². The van der Waals surface area contributed by atoms with Crippen molar-refractivity contribution in [3.8, 4) is 11.5 Å². The molecule has 1 amide bonds. The molecule has 0 aromatic heterocycles. The SMILES string of the molecule is CCOc1ccc(S(=O)(=O)N2CCC[C@H](C(=O)Nc3cccc(OC)c3)C2)cc1Cl. The Labute approximate surface area is 182 Å². The van der Waals surface area contributed by atoms with Gasteiger partial charge < -0.3 is 14.8 Å². The van der Waals surface area contributed by atoms with Crippen LogP contribution in [0.15, 0.2) is 47.4 Å². The molecule has 30 heavy (non-hydrogen) atoms. The minimum Gasteiger partial charge on any atom is -0.497 e. The molecule has 1 N–H and O–H groups in total. The number of nitrogens with zero attached hydrogens (tertiary/aromatic N) is 1. The van der Waals surface area contributed by atoms with Gasteiger partial charge in [0, 0.05) is 24.8 Å². The molecule has 2 aromatic carbocycles. The normalized spacial score (nSPS) is 17.4. The Morgan fingerprint density at radius 1 is 1.27 bits per heavy atom. The van der Waals surface area contributed by atoms with Gasteiger partial charge in [-0.3, -0.25) is 4.79 Å². The standard InChI is InChI=1S/C21H25ClN2O5S/c1-3-29-20-10-9-18(13-19(20)22)30(26,27)24-11-5-6-15(14-24)21(25)23-16-7-4-8-17(12-16)28-2/h4,7-10,12-13,15H,3,5-6,11,14H2,1-2H3,(H,23,25)/t15-/m0/s1. The number of hydrogen-bond acceptors (Lipinski definition) is 5. The first-order chi connectivity index (χ1) is 14.3. The first-order valence-electron chi connectivity index (χ1n) is 9.72. The smallest absolute Gasteiger partial charge is 0.243 e. The van der Waals surface area contributed by atoms with E-state index in [0.717, 1.165) is 0 Å². The number of ether oxygens (including phenoxy) is 2. The average molecular weight is 453 g/mol. The number of rotatable bonds is 7. The van der Waals surface area contributed by atoms with Gasteiger partial charge in [-0.05, 0) is 50.1 Å². The molecule has 0 spiro atoms. The fraction of sp³-hybridized carbons (Fsp3) is 0.381. The maximum absolute atomic E-state index is 13.1. The van der Waals surface area contributed by atoms with Gasteiger partial charge >= 0.3 is 0 Å². The molecule has 0 bridgehead atoms. The molecule has 3 rings (SSSR count). The predicted molar refractivity (Wildman–Crippen MR) is 116 cm³/mol. The summed E-state index contributed by atoms with van der Waals surface area (Å²) in [6, 6.07) is 11.5. The van der Waals surface area contributed by atoms with Gasteiger partial charge in [-0.15, -0.1) is 0 Å². The molecule has 1 saturated heterocycles. The molecule has 0 saturated carbocycles. The third-order valence-corrected chi connectivity index (χ3v) is 7.09. The third-order valence-electron chi connectivity index (χ3n) is 4.93. The summed E-state index contributed by atoms with van der Waals surface area (Å²) in [5.41, 5.74) is 0.609. The second-order valence-corrected chi connectivity index (χ2v) is 9.29. The van der Waals surface area contributed by atoms with Crippen molar-refractivity contribution in [2.45, 2.75) is 24.7 Å². The van der Waals surface area contributed by atoms with Crippen LogP contribution in [-0.4, -0.2) is 45.4 Å². The number of anilines is 1. The molecule has 1 aliphatic heterocycles. The maximum atomic E-state index is 13.1. The number of benzene rings is 2. The highest BCUT2D eigenvalue weighted by Gasteiger charge is 2.33. The highest BCUT2D eigenvalue weighted by Crippen LogP contribution is 2.31. The van der Waals surface area contributed by atoms with Crippen LogP contribution >= 0.6 is 11.6 Å². The molecular weight excluding hydrogens is 428 g/mol. The van der Waals surface area contributed by atoms with E-state index >= 15 is 0 Å². The molecule has 1 atom stereocenters. The highest BCUT2D eigenvalue weighted by atomic mass is 35.5. The Morgan fingerprint density at radius 3 is 2.77 bits per heavy atom. The number of sulfonamides is 1. The number of methoxy groups -OCH3 is 1. The fourth-order valence-electron chi connectivity index (χ4n) is 3.38. The molecule has 0 aliphatic carbocycles. The zero-order valence-corrected chi connectivity index (χ0v) is 18.5. The summed E-state index contributed by atoms with van der Waals surface area (Å²) < 4.78 is 38.1. The summed E-state index contributed by atoms with van der Waals surface area (Å²) in [5, 5.41) is 3.09. The number of hydrogen-bond donors (Lipinski definition) is 1. The number of carbonyl (C=O) groups is 1. The van der Waals surface area contributed by atoms with Crippen molar-refractivity contribution < 1.29 is 22.7 Å². The maximum Gasteiger partial charge on any atom is 0.243 e. The second kappa shape index (κ2) is 9.68. The zero-order valence-electron chi connectivity index (χ0n) is 16.9. The van der Waals surface area contributed by atoms with Crippen LogP contribution in [0.3, 0.4) is 0 Å². The largest absolute Gasteiger partial charge is 0.497 e. The Morgan fingerprint density at radius 2 is 2.07 bits per heavy atom. The summed E-state index contributed by atoms with van der Waals surface area (Å²) in [7, 11) is -2.22. The Bertz CT molecular complexity index is 1010. The average Bonchev–Trinajstić information content (AvgIpc) is 2.75. The quantitative estimate of drug-likeness (QED) is 0.690. The fourth-order valence-corrected chi connectivity index (χ4v) is 5.23. The van der Waals surface area contributed by atoms with Crippen molar-refractivity contribution in [3.05, 3.63) is 47.5 Å². The number of nitrogens with one attached hydrogen (secondary N) is 1. The van der Waals surface area contributed by atoms with E-state index in [0.29, 0.717) is 43.2 Å². The van der Waals surface area contributed by atoms with Gasteiger partial charge in [-0.25, -0.2) is 8.42 Å². The third kappa shape index (κ3) is 5.06. The highest BCUT2D eigenvalue weighted by molar-refractivity contribution is 7.89. The Kier molecular flexibility index (Phi) is 7.23. The van der Waals surface area contributed by atoms with E-state index in [9.17, 15) is 13.2 Å². The van der Waals surface area contributed by atoms with Gasteiger partial charge in [-0.2, -0.15) is 4.31 Å². The Hall–Kier alpha value is -2.29. The molecule has 9 heteroatoms. The van der Waals surface area contributed by atoms with E-state index in [2.05, 4.69) is 5.32 Å². The lowest BCUT2D eigenvalue weighted by Gasteiger charge is -2.31. The Balaban J connectivity index is 1.73. The molecule has 7 nitrogen and oxygen atoms in total. The van der Waals surface area contributed by atoms with Gasteiger partial charge in [-0.1, -0.05) is 17.7 Å². The van der Waals surface area contributed by atoms with Crippen LogP contribution in [0.2, 0.25) is 5.02 Å². The van der Waals surface area contributed by atoms with Crippen molar-refractivity contribution in [2.24, 2.45) is 5.92 Å². The summed E-state index contributed by atoms with van der Waals surface area (Å²) >= 11 is 6.16. The molecule has 162 valence electrons. The lowest BCUT2D eigenvalue weighted by atomic mass is 9.98. The molecule has 1 fully saturated rings. The molecule has 1 heterocycles. The van der Waals surface area contributed by atoms with Gasteiger partial charge in [0.2, 0.25) is 15.9 Å². The lowest BCUT2D eigenvalue weighted by molar-refractivity contribution is -0.120. The van der Waals surface area contributed by atoms with Crippen LogP contribution in [0.5, 0.6) is 11.5 Å². The molecule has 2 aromatic rings. The monoisotopic (exact) mass is 452 g/mol. The number of amides is 1. The second-order valence-electron chi connectivity index (χ2n) is 6.95. The molecule has 1 aliphatic rings. The van der Waals surface area contributed by atoms with E-state index in [-0.39, 0.29) is 22.4 Å². The van der Waals surface area contributed by atoms with Crippen LogP contribution < -0.4 is 14.8 Å². The van der Waals surface area contributed by atoms with E-state index in [1.807, 2.05) is 6.92 Å². The molecular formula is C21H25ClN2O5S. The number of piperidine rings is 1. The van der Waals surface area contributed by atoms with Gasteiger partial charge in [0.25, 0.3) is 0 Å². The van der Waals surface area contributed by atoms with Crippen LogP contribution in [-0.2, 0) is 14.8 Å². The zero-order chi connectivity index (χ0) is 21.7. The van der Waals surface area contributed by atoms with Crippen molar-refractivity contribution in [3.63, 3.8) is 0 Å². The predicted octanol–water partition coefficient (Wildman–Crippen LogP) is 3.79. The van der Waals surface area contributed by atoms with Crippen molar-refractivity contribution in [2.75, 3.05) is 32.1 Å². The van der Waals surface area contributed by atoms with Gasteiger partial charge in [0.1, 0.15) is 11.5 Å². The first kappa shape index (κ1) is 22.4. The summed E-state index contributed by atoms with van der Waals surface area (Å²) in [6.07, 6.45) is 1.21. The first-order valence-corrected chi connectivity index (χ1v) is 11.5. The lowest BCUT2D eigenvalue weighted by Crippen LogP contribution is -2.43. The number of halogens is 1. The van der Waals surface area contributed by atoms with Crippen molar-refractivity contribution in [1.29, 1.82) is 0 Å². The number of carbonyl (C=O) groups excluding carboxylic acids is 1. The van der Waals surface area contributed by atoms with E-state index in [1.54, 1.807) is 37.4 Å². The molecule has 0 unspecified atom stereocenters. The van der Waals surface area contributed by atoms with Gasteiger partial charge in [0.05, 0.1) is 29.6 Å². The topological polar surface area (TPSA) is 84.9 Å². The van der Waals surface area contributed by atoms with Crippen LogP contribution in [0.25, 0.3) is 0 Å². The van der Waals surface area contributed by atoms with E-state index < -0.39 is 15.9 Å². The molecule has 0 radical (unpaired) electrons. The van der Waals surface area contributed by atoms with Crippen LogP contribution in [0.4, 0.5) is 5.69 Å². The minimum atomic E-state index is -3.77. The minimum absolute atomic E-state index is 0.0878. The van der Waals surface area contributed by atoms with E-state index in [4.69, 9.17) is 21.1 Å².